The van der Waals surface area contributed by atoms with Crippen molar-refractivity contribution in [3.05, 3.63) is 34.0 Å². The number of aromatic nitrogens is 1. The lowest BCUT2D eigenvalue weighted by atomic mass is 10.2. The molecule has 0 aromatic carbocycles. The molecule has 1 aromatic rings. The molecule has 0 aliphatic heterocycles. The van der Waals surface area contributed by atoms with E-state index in [1.165, 1.54) is 6.20 Å². The Balaban J connectivity index is 2.97. The molecule has 0 saturated heterocycles. The Labute approximate surface area is 86.9 Å². The van der Waals surface area contributed by atoms with Gasteiger partial charge in [0.1, 0.15) is 11.8 Å². The Bertz CT molecular complexity index is 395. The van der Waals surface area contributed by atoms with Gasteiger partial charge in [0.05, 0.1) is 0 Å². The van der Waals surface area contributed by atoms with Crippen molar-refractivity contribution in [2.24, 2.45) is 0 Å². The van der Waals surface area contributed by atoms with Gasteiger partial charge in [0, 0.05) is 12.2 Å². The molecule has 0 spiro atoms. The maximum absolute atomic E-state index is 10.5. The molecule has 14 heavy (non-hydrogen) atoms. The molecule has 1 rings (SSSR count). The van der Waals surface area contributed by atoms with E-state index in [9.17, 15) is 10.1 Å². The smallest absolute Gasteiger partial charge is 0.358 e. The summed E-state index contributed by atoms with van der Waals surface area (Å²) in [5, 5.41) is 10.5. The molecule has 0 atom stereocenters. The molecule has 5 heteroatoms. The minimum Gasteiger partial charge on any atom is -0.358 e. The van der Waals surface area contributed by atoms with Crippen LogP contribution < -0.4 is 0 Å². The predicted molar refractivity (Wildman–Crippen MR) is 56.2 cm³/mol. The zero-order valence-corrected chi connectivity index (χ0v) is 8.20. The van der Waals surface area contributed by atoms with E-state index in [1.54, 1.807) is 12.1 Å². The van der Waals surface area contributed by atoms with Crippen LogP contribution in [0.2, 0.25) is 0 Å². The normalized spacial score (nSPS) is 8.93. The molecule has 0 unspecified atom stereocenters. The molecule has 0 aliphatic rings. The van der Waals surface area contributed by atoms with Crippen LogP contribution in [0.1, 0.15) is 12.0 Å². The molecule has 0 saturated carbocycles. The summed E-state index contributed by atoms with van der Waals surface area (Å²) in [6.45, 7) is 0. The number of nitro groups is 1. The third-order valence-electron chi connectivity index (χ3n) is 1.42. The van der Waals surface area contributed by atoms with Crippen molar-refractivity contribution in [2.45, 2.75) is 6.42 Å². The van der Waals surface area contributed by atoms with Crippen molar-refractivity contribution in [3.63, 3.8) is 0 Å². The number of thiol groups is 1. The Hall–Kier alpha value is -1.54. The molecule has 0 fully saturated rings. The second-order valence-electron chi connectivity index (χ2n) is 2.41. The zero-order chi connectivity index (χ0) is 10.4. The van der Waals surface area contributed by atoms with Crippen molar-refractivity contribution in [2.75, 3.05) is 5.75 Å². The largest absolute Gasteiger partial charge is 0.379 e. The Morgan fingerprint density at radius 2 is 2.43 bits per heavy atom. The first-order valence-corrected chi connectivity index (χ1v) is 4.58. The van der Waals surface area contributed by atoms with Gasteiger partial charge < -0.3 is 10.1 Å². The van der Waals surface area contributed by atoms with Crippen LogP contribution in [0, 0.1) is 22.0 Å². The molecule has 1 aromatic heterocycles. The Kier molecular flexibility index (Phi) is 3.95. The van der Waals surface area contributed by atoms with Crippen molar-refractivity contribution in [1.29, 1.82) is 0 Å². The van der Waals surface area contributed by atoms with E-state index in [0.717, 1.165) is 0 Å². The molecule has 0 bridgehead atoms. The maximum atomic E-state index is 10.5. The molecule has 0 radical (unpaired) electrons. The maximum Gasteiger partial charge on any atom is 0.379 e. The van der Waals surface area contributed by atoms with Crippen LogP contribution in [0.25, 0.3) is 0 Å². The number of nitrogens with zero attached hydrogens (tertiary/aromatic N) is 2. The summed E-state index contributed by atoms with van der Waals surface area (Å²) in [7, 11) is 0. The van der Waals surface area contributed by atoms with E-state index in [2.05, 4.69) is 29.5 Å². The van der Waals surface area contributed by atoms with Gasteiger partial charge in [-0.25, -0.2) is 0 Å². The number of pyridine rings is 1. The van der Waals surface area contributed by atoms with Crippen LogP contribution in [-0.4, -0.2) is 15.7 Å². The zero-order valence-electron chi connectivity index (χ0n) is 7.30. The second kappa shape index (κ2) is 5.25. The third-order valence-corrected chi connectivity index (χ3v) is 1.64. The second-order valence-corrected chi connectivity index (χ2v) is 2.85. The van der Waals surface area contributed by atoms with Gasteiger partial charge in [0.15, 0.2) is 0 Å². The fourth-order valence-electron chi connectivity index (χ4n) is 0.854. The lowest BCUT2D eigenvalue weighted by Crippen LogP contribution is -1.94. The molecule has 0 N–H and O–H groups in total. The van der Waals surface area contributed by atoms with Crippen LogP contribution in [0.4, 0.5) is 5.82 Å². The van der Waals surface area contributed by atoms with E-state index in [4.69, 9.17) is 0 Å². The Morgan fingerprint density at radius 1 is 1.64 bits per heavy atom. The summed E-state index contributed by atoms with van der Waals surface area (Å²) >= 11 is 3.98. The summed E-state index contributed by atoms with van der Waals surface area (Å²) < 4.78 is 0. The Morgan fingerprint density at radius 3 is 3.07 bits per heavy atom. The number of rotatable bonds is 2. The minimum absolute atomic E-state index is 0.195. The molecule has 1 heterocycles. The monoisotopic (exact) mass is 208 g/mol. The van der Waals surface area contributed by atoms with Gasteiger partial charge in [-0.2, -0.15) is 12.6 Å². The van der Waals surface area contributed by atoms with Crippen LogP contribution in [0.5, 0.6) is 0 Å². The molecular weight excluding hydrogens is 200 g/mol. The summed E-state index contributed by atoms with van der Waals surface area (Å²) in [6.07, 6.45) is 1.98. The van der Waals surface area contributed by atoms with Gasteiger partial charge in [-0.05, 0) is 22.0 Å². The first-order valence-electron chi connectivity index (χ1n) is 3.95. The topological polar surface area (TPSA) is 56.0 Å². The van der Waals surface area contributed by atoms with Gasteiger partial charge in [0.2, 0.25) is 0 Å². The lowest BCUT2D eigenvalue weighted by molar-refractivity contribution is -0.389. The molecule has 0 amide bonds. The summed E-state index contributed by atoms with van der Waals surface area (Å²) in [6, 6.07) is 3.20. The average molecular weight is 208 g/mol. The van der Waals surface area contributed by atoms with Gasteiger partial charge in [-0.3, -0.25) is 0 Å². The standard InChI is InChI=1S/C9H8N2O2S/c12-11(13)9-8(4-1-2-7-14)5-3-6-10-9/h3,5-6,14H,2,7H2. The van der Waals surface area contributed by atoms with Crippen LogP contribution >= 0.6 is 12.6 Å². The van der Waals surface area contributed by atoms with Crippen LogP contribution in [0.3, 0.4) is 0 Å². The average Bonchev–Trinajstić information content (AvgIpc) is 2.19. The van der Waals surface area contributed by atoms with Crippen molar-refractivity contribution in [3.8, 4) is 11.8 Å². The summed E-state index contributed by atoms with van der Waals surface area (Å²) in [4.78, 5) is 13.6. The highest BCUT2D eigenvalue weighted by atomic mass is 32.1. The molecule has 4 nitrogen and oxygen atoms in total. The summed E-state index contributed by atoms with van der Waals surface area (Å²) in [5.41, 5.74) is 0.347. The van der Waals surface area contributed by atoms with E-state index in [-0.39, 0.29) is 5.82 Å². The van der Waals surface area contributed by atoms with Gasteiger partial charge in [0.25, 0.3) is 0 Å². The SMILES string of the molecule is O=[N+]([O-])c1ncccc1C#CCCS. The molecule has 0 aliphatic carbocycles. The quantitative estimate of drug-likeness (QED) is 0.348. The number of hydrogen-bond acceptors (Lipinski definition) is 4. The van der Waals surface area contributed by atoms with E-state index in [1.807, 2.05) is 0 Å². The fraction of sp³-hybridized carbons (Fsp3) is 0.222. The lowest BCUT2D eigenvalue weighted by Gasteiger charge is -1.93. The van der Waals surface area contributed by atoms with E-state index >= 15 is 0 Å². The third kappa shape index (κ3) is 2.75. The van der Waals surface area contributed by atoms with Crippen molar-refractivity contribution in [1.82, 2.24) is 4.98 Å². The highest BCUT2D eigenvalue weighted by molar-refractivity contribution is 7.80. The van der Waals surface area contributed by atoms with Gasteiger partial charge >= 0.3 is 5.82 Å². The highest BCUT2D eigenvalue weighted by Gasteiger charge is 2.10. The molecule has 72 valence electrons. The first-order chi connectivity index (χ1) is 6.75. The van der Waals surface area contributed by atoms with E-state index < -0.39 is 4.92 Å². The van der Waals surface area contributed by atoms with Crippen molar-refractivity contribution < 1.29 is 4.92 Å². The van der Waals surface area contributed by atoms with Gasteiger partial charge in [-0.15, -0.1) is 0 Å². The minimum atomic E-state index is -0.537. The number of hydrogen-bond donors (Lipinski definition) is 1. The van der Waals surface area contributed by atoms with Crippen LogP contribution in [-0.2, 0) is 0 Å². The molecular formula is C9H8N2O2S. The van der Waals surface area contributed by atoms with Crippen LogP contribution in [0.15, 0.2) is 18.3 Å². The highest BCUT2D eigenvalue weighted by Crippen LogP contribution is 2.11. The predicted octanol–water partition coefficient (Wildman–Crippen LogP) is 1.66. The first kappa shape index (κ1) is 10.5. The van der Waals surface area contributed by atoms with Gasteiger partial charge in [-0.1, -0.05) is 11.8 Å². The van der Waals surface area contributed by atoms with E-state index in [0.29, 0.717) is 17.7 Å². The van der Waals surface area contributed by atoms with Crippen molar-refractivity contribution >= 4 is 18.4 Å². The fourth-order valence-corrected chi connectivity index (χ4v) is 0.965. The summed E-state index contributed by atoms with van der Waals surface area (Å²) in [5.74, 6) is 5.91.